The van der Waals surface area contributed by atoms with Crippen molar-refractivity contribution in [2.45, 2.75) is 11.6 Å². The van der Waals surface area contributed by atoms with E-state index in [0.29, 0.717) is 16.7 Å². The van der Waals surface area contributed by atoms with Crippen molar-refractivity contribution in [3.8, 4) is 11.1 Å². The van der Waals surface area contributed by atoms with E-state index in [-0.39, 0.29) is 31.6 Å². The van der Waals surface area contributed by atoms with Crippen LogP contribution in [0.25, 0.3) is 11.1 Å². The van der Waals surface area contributed by atoms with E-state index in [4.69, 9.17) is 10.5 Å². The monoisotopic (exact) mass is 507 g/mol. The molecule has 5 rings (SSSR count). The zero-order valence-corrected chi connectivity index (χ0v) is 20.3. The van der Waals surface area contributed by atoms with Gasteiger partial charge in [-0.05, 0) is 46.0 Å². The first-order valence-corrected chi connectivity index (χ1v) is 12.7. The molecule has 0 aliphatic carbocycles. The lowest BCUT2D eigenvalue weighted by Gasteiger charge is -2.32. The van der Waals surface area contributed by atoms with Gasteiger partial charge in [-0.2, -0.15) is 12.7 Å². The largest absolute Gasteiger partial charge is 0.371 e. The summed E-state index contributed by atoms with van der Waals surface area (Å²) in [5, 5.41) is 0. The van der Waals surface area contributed by atoms with Gasteiger partial charge in [-0.3, -0.25) is 19.2 Å². The number of hydrogen-bond donors (Lipinski definition) is 2. The van der Waals surface area contributed by atoms with Crippen molar-refractivity contribution < 1.29 is 22.5 Å². The molecule has 36 heavy (non-hydrogen) atoms. The van der Waals surface area contributed by atoms with Gasteiger partial charge in [-0.15, -0.1) is 0 Å². The summed E-state index contributed by atoms with van der Waals surface area (Å²) >= 11 is 0. The number of rotatable bonds is 5. The summed E-state index contributed by atoms with van der Waals surface area (Å²) in [5.41, 5.74) is 8.29. The zero-order chi connectivity index (χ0) is 25.5. The van der Waals surface area contributed by atoms with E-state index >= 15 is 0 Å². The second-order valence-corrected chi connectivity index (χ2v) is 10.1. The number of likely N-dealkylation sites (N-methyl/N-ethyl adjacent to an activating group) is 1. The van der Waals surface area contributed by atoms with Crippen LogP contribution in [0, 0.1) is 0 Å². The zero-order valence-electron chi connectivity index (χ0n) is 19.5. The maximum atomic E-state index is 13.7. The van der Waals surface area contributed by atoms with Gasteiger partial charge in [0.05, 0.1) is 12.7 Å². The molecule has 2 unspecified atom stereocenters. The number of carbonyl (C=O) groups is 1. The van der Waals surface area contributed by atoms with E-state index < -0.39 is 21.9 Å². The Morgan fingerprint density at radius 2 is 1.81 bits per heavy atom. The van der Waals surface area contributed by atoms with Crippen LogP contribution in [-0.4, -0.2) is 65.8 Å². The molecule has 186 valence electrons. The third-order valence-corrected chi connectivity index (χ3v) is 7.53. The van der Waals surface area contributed by atoms with Crippen molar-refractivity contribution in [2.24, 2.45) is 10.7 Å². The van der Waals surface area contributed by atoms with E-state index in [1.54, 1.807) is 43.7 Å². The Hall–Kier alpha value is -3.64. The number of nitrogens with two attached hydrogens (primary N) is 1. The van der Waals surface area contributed by atoms with Gasteiger partial charge in [0.1, 0.15) is 0 Å². The van der Waals surface area contributed by atoms with Gasteiger partial charge < -0.3 is 10.5 Å². The molecule has 1 fully saturated rings. The third kappa shape index (κ3) is 4.16. The normalized spacial score (nSPS) is 23.1. The topological polar surface area (TPSA) is 138 Å². The van der Waals surface area contributed by atoms with Crippen molar-refractivity contribution in [1.29, 1.82) is 0 Å². The summed E-state index contributed by atoms with van der Waals surface area (Å²) in [6.45, 7) is 0.134. The Balaban J connectivity index is 1.62. The third-order valence-electron chi connectivity index (χ3n) is 6.55. The highest BCUT2D eigenvalue weighted by Gasteiger charge is 2.49. The summed E-state index contributed by atoms with van der Waals surface area (Å²) in [6, 6.07) is 18.4. The van der Waals surface area contributed by atoms with Crippen LogP contribution in [0.15, 0.2) is 78.0 Å². The summed E-state index contributed by atoms with van der Waals surface area (Å²) in [5.74, 6) is -0.228. The molecule has 1 saturated heterocycles. The van der Waals surface area contributed by atoms with E-state index in [2.05, 4.69) is 9.98 Å². The van der Waals surface area contributed by atoms with Crippen LogP contribution in [-0.2, 0) is 25.4 Å². The summed E-state index contributed by atoms with van der Waals surface area (Å²) < 4.78 is 39.6. The van der Waals surface area contributed by atoms with Gasteiger partial charge in [0, 0.05) is 32.5 Å². The first-order chi connectivity index (χ1) is 17.2. The number of morpholine rings is 1. The van der Waals surface area contributed by atoms with Crippen molar-refractivity contribution in [1.82, 2.24) is 14.2 Å². The fraction of sp³-hybridized carbons (Fsp3) is 0.240. The first kappa shape index (κ1) is 24.1. The molecule has 1 aromatic heterocycles. The number of guanidine groups is 1. The molecule has 3 aromatic rings. The predicted molar refractivity (Wildman–Crippen MR) is 133 cm³/mol. The van der Waals surface area contributed by atoms with Crippen LogP contribution in [0.2, 0.25) is 0 Å². The molecular weight excluding hydrogens is 482 g/mol. The molecule has 1 amide bonds. The summed E-state index contributed by atoms with van der Waals surface area (Å²) in [4.78, 5) is 23.9. The fourth-order valence-electron chi connectivity index (χ4n) is 4.64. The Labute approximate surface area is 208 Å². The maximum absolute atomic E-state index is 13.7. The number of amides is 1. The molecule has 0 spiro atoms. The van der Waals surface area contributed by atoms with Gasteiger partial charge in [-0.25, -0.2) is 4.99 Å². The average Bonchev–Trinajstić information content (AvgIpc) is 3.13. The number of benzene rings is 2. The number of hydrogen-bond acceptors (Lipinski definition) is 7. The standard InChI is InChI=1S/C25H25N5O5S/c1-29-23(31)25(28-24(29)26,20-8-2-5-17(13-20)19-7-4-10-27-15-19)21-9-3-6-18(14-21)22-16-30(11-12-35-22)36(32,33)34/h2-10,13-15,22H,11-12,16H2,1H3,(H2,26,28)(H,32,33,34). The Bertz CT molecular complexity index is 1450. The van der Waals surface area contributed by atoms with Crippen LogP contribution >= 0.6 is 0 Å². The summed E-state index contributed by atoms with van der Waals surface area (Å²) in [6.07, 6.45) is 2.81. The fourth-order valence-corrected chi connectivity index (χ4v) is 5.27. The van der Waals surface area contributed by atoms with Crippen molar-refractivity contribution in [2.75, 3.05) is 26.7 Å². The van der Waals surface area contributed by atoms with E-state index in [9.17, 15) is 17.8 Å². The van der Waals surface area contributed by atoms with Gasteiger partial charge in [-0.1, -0.05) is 42.5 Å². The molecule has 0 saturated carbocycles. The Kier molecular flexibility index (Phi) is 6.08. The summed E-state index contributed by atoms with van der Waals surface area (Å²) in [7, 11) is -2.78. The highest BCUT2D eigenvalue weighted by molar-refractivity contribution is 7.83. The van der Waals surface area contributed by atoms with E-state index in [0.717, 1.165) is 15.4 Å². The number of ether oxygens (including phenoxy) is 1. The smallest absolute Gasteiger partial charge is 0.336 e. The van der Waals surface area contributed by atoms with Crippen LogP contribution in [0.1, 0.15) is 22.8 Å². The minimum Gasteiger partial charge on any atom is -0.371 e. The first-order valence-electron chi connectivity index (χ1n) is 11.3. The minimum absolute atomic E-state index is 0.0506. The van der Waals surface area contributed by atoms with Crippen LogP contribution < -0.4 is 5.73 Å². The minimum atomic E-state index is -4.35. The maximum Gasteiger partial charge on any atom is 0.336 e. The number of carbonyl (C=O) groups excluding carboxylic acids is 1. The number of pyridine rings is 1. The molecule has 2 atom stereocenters. The molecule has 11 heteroatoms. The number of aromatic nitrogens is 1. The average molecular weight is 508 g/mol. The van der Waals surface area contributed by atoms with Gasteiger partial charge in [0.25, 0.3) is 5.91 Å². The molecule has 3 N–H and O–H groups in total. The lowest BCUT2D eigenvalue weighted by Crippen LogP contribution is -2.42. The van der Waals surface area contributed by atoms with Crippen molar-refractivity contribution in [3.05, 3.63) is 89.7 Å². The second kappa shape index (κ2) is 9.10. The van der Waals surface area contributed by atoms with E-state index in [1.165, 1.54) is 4.90 Å². The van der Waals surface area contributed by atoms with Crippen molar-refractivity contribution in [3.63, 3.8) is 0 Å². The van der Waals surface area contributed by atoms with Gasteiger partial charge in [0.15, 0.2) is 11.5 Å². The van der Waals surface area contributed by atoms with Crippen LogP contribution in [0.5, 0.6) is 0 Å². The van der Waals surface area contributed by atoms with Crippen molar-refractivity contribution >= 4 is 22.2 Å². The van der Waals surface area contributed by atoms with Gasteiger partial charge >= 0.3 is 10.3 Å². The lowest BCUT2D eigenvalue weighted by atomic mass is 9.81. The Morgan fingerprint density at radius 1 is 1.08 bits per heavy atom. The molecule has 2 aliphatic rings. The van der Waals surface area contributed by atoms with E-state index in [1.807, 2.05) is 36.4 Å². The molecule has 2 aliphatic heterocycles. The molecule has 2 aromatic carbocycles. The molecule has 10 nitrogen and oxygen atoms in total. The van der Waals surface area contributed by atoms with Crippen LogP contribution in [0.4, 0.5) is 0 Å². The lowest BCUT2D eigenvalue weighted by molar-refractivity contribution is -0.129. The molecule has 0 radical (unpaired) electrons. The highest BCUT2D eigenvalue weighted by Crippen LogP contribution is 2.41. The Morgan fingerprint density at radius 3 is 2.47 bits per heavy atom. The number of aliphatic imine (C=N–C) groups is 1. The SMILES string of the molecule is CN1C(=O)C(c2cccc(-c3cccnc3)c2)(c2cccc(C3CN(S(=O)(=O)O)CCO3)c2)N=C1N. The van der Waals surface area contributed by atoms with Gasteiger partial charge in [0.2, 0.25) is 0 Å². The highest BCUT2D eigenvalue weighted by atomic mass is 32.2. The van der Waals surface area contributed by atoms with Crippen LogP contribution in [0.3, 0.4) is 0 Å². The molecule has 0 bridgehead atoms. The molecular formula is C25H25N5O5S. The second-order valence-electron chi connectivity index (χ2n) is 8.69. The quantitative estimate of drug-likeness (QED) is 0.503. The molecule has 3 heterocycles. The number of nitrogens with zero attached hydrogens (tertiary/aromatic N) is 4. The predicted octanol–water partition coefficient (Wildman–Crippen LogP) is 1.96.